The number of pyridine rings is 1. The highest BCUT2D eigenvalue weighted by atomic mass is 16.5. The number of ether oxygens (including phenoxy) is 1. The van der Waals surface area contributed by atoms with Gasteiger partial charge < -0.3 is 20.7 Å². The van der Waals surface area contributed by atoms with Crippen molar-refractivity contribution in [3.63, 3.8) is 0 Å². The molecule has 0 aromatic carbocycles. The van der Waals surface area contributed by atoms with Crippen LogP contribution in [0.25, 0.3) is 0 Å². The van der Waals surface area contributed by atoms with E-state index in [2.05, 4.69) is 4.98 Å². The van der Waals surface area contributed by atoms with Crippen molar-refractivity contribution in [2.75, 3.05) is 13.7 Å². The number of rotatable bonds is 4. The number of aliphatic hydroxyl groups excluding tert-OH is 2. The first-order valence-electron chi connectivity index (χ1n) is 4.26. The Balaban J connectivity index is 2.83. The van der Waals surface area contributed by atoms with Crippen LogP contribution in [0.15, 0.2) is 18.2 Å². The summed E-state index contributed by atoms with van der Waals surface area (Å²) in [4.78, 5) is 3.97. The van der Waals surface area contributed by atoms with E-state index in [1.165, 1.54) is 7.11 Å². The van der Waals surface area contributed by atoms with Crippen molar-refractivity contribution < 1.29 is 14.9 Å². The third-order valence-corrected chi connectivity index (χ3v) is 1.86. The lowest BCUT2D eigenvalue weighted by atomic mass is 10.1. The molecule has 0 amide bonds. The van der Waals surface area contributed by atoms with Gasteiger partial charge in [0.25, 0.3) is 0 Å². The number of hydrogen-bond acceptors (Lipinski definition) is 5. The molecule has 0 saturated carbocycles. The minimum atomic E-state index is -1.07. The molecule has 1 rings (SSSR count). The summed E-state index contributed by atoms with van der Waals surface area (Å²) in [7, 11) is 1.48. The van der Waals surface area contributed by atoms with Crippen LogP contribution in [0.2, 0.25) is 0 Å². The SMILES string of the molecule is COc1cccc(C(O)C(O)CN)n1. The van der Waals surface area contributed by atoms with Gasteiger partial charge in [0.1, 0.15) is 6.10 Å². The van der Waals surface area contributed by atoms with E-state index in [0.717, 1.165) is 0 Å². The molecule has 0 saturated heterocycles. The highest BCUT2D eigenvalue weighted by molar-refractivity contribution is 5.17. The Kier molecular flexibility index (Phi) is 3.82. The molecule has 1 aromatic heterocycles. The van der Waals surface area contributed by atoms with Crippen molar-refractivity contribution in [2.24, 2.45) is 5.73 Å². The predicted molar refractivity (Wildman–Crippen MR) is 50.8 cm³/mol. The van der Waals surface area contributed by atoms with Gasteiger partial charge in [0, 0.05) is 12.6 Å². The molecular weight excluding hydrogens is 184 g/mol. The predicted octanol–water partition coefficient (Wildman–Crippen LogP) is -0.557. The average molecular weight is 198 g/mol. The molecule has 0 fully saturated rings. The second-order valence-electron chi connectivity index (χ2n) is 2.85. The Bertz CT molecular complexity index is 293. The van der Waals surface area contributed by atoms with Gasteiger partial charge in [-0.05, 0) is 6.07 Å². The zero-order valence-electron chi connectivity index (χ0n) is 7.92. The molecule has 5 nitrogen and oxygen atoms in total. The summed E-state index contributed by atoms with van der Waals surface area (Å²) >= 11 is 0. The lowest BCUT2D eigenvalue weighted by Crippen LogP contribution is -2.27. The maximum absolute atomic E-state index is 9.56. The van der Waals surface area contributed by atoms with Gasteiger partial charge in [-0.15, -0.1) is 0 Å². The van der Waals surface area contributed by atoms with Crippen LogP contribution in [0.5, 0.6) is 5.88 Å². The molecule has 0 radical (unpaired) electrons. The van der Waals surface area contributed by atoms with Crippen LogP contribution in [0.4, 0.5) is 0 Å². The van der Waals surface area contributed by atoms with E-state index in [1.807, 2.05) is 0 Å². The Hall–Kier alpha value is -1.17. The standard InChI is InChI=1S/C9H14N2O3/c1-14-8-4-2-3-6(11-8)9(13)7(12)5-10/h2-4,7,9,12-13H,5,10H2,1H3. The van der Waals surface area contributed by atoms with Gasteiger partial charge >= 0.3 is 0 Å². The van der Waals surface area contributed by atoms with Crippen molar-refractivity contribution in [2.45, 2.75) is 12.2 Å². The molecule has 78 valence electrons. The minimum absolute atomic E-state index is 0.0138. The fraction of sp³-hybridized carbons (Fsp3) is 0.444. The van der Waals surface area contributed by atoms with Crippen molar-refractivity contribution in [3.8, 4) is 5.88 Å². The highest BCUT2D eigenvalue weighted by Gasteiger charge is 2.18. The minimum Gasteiger partial charge on any atom is -0.481 e. The van der Waals surface area contributed by atoms with Crippen LogP contribution in [0.3, 0.4) is 0 Å². The van der Waals surface area contributed by atoms with Gasteiger partial charge in [0.15, 0.2) is 0 Å². The van der Waals surface area contributed by atoms with E-state index < -0.39 is 12.2 Å². The molecule has 4 N–H and O–H groups in total. The highest BCUT2D eigenvalue weighted by Crippen LogP contribution is 2.16. The number of methoxy groups -OCH3 is 1. The lowest BCUT2D eigenvalue weighted by molar-refractivity contribution is 0.0214. The van der Waals surface area contributed by atoms with E-state index >= 15 is 0 Å². The van der Waals surface area contributed by atoms with Crippen LogP contribution >= 0.6 is 0 Å². The van der Waals surface area contributed by atoms with Gasteiger partial charge in [0.2, 0.25) is 5.88 Å². The molecular formula is C9H14N2O3. The monoisotopic (exact) mass is 198 g/mol. The molecule has 1 aromatic rings. The molecule has 1 heterocycles. The second-order valence-corrected chi connectivity index (χ2v) is 2.85. The van der Waals surface area contributed by atoms with E-state index in [0.29, 0.717) is 11.6 Å². The number of nitrogens with zero attached hydrogens (tertiary/aromatic N) is 1. The largest absolute Gasteiger partial charge is 0.481 e. The molecule has 2 unspecified atom stereocenters. The molecule has 0 aliphatic rings. The van der Waals surface area contributed by atoms with Crippen molar-refractivity contribution >= 4 is 0 Å². The van der Waals surface area contributed by atoms with E-state index in [1.54, 1.807) is 18.2 Å². The first-order chi connectivity index (χ1) is 6.69. The van der Waals surface area contributed by atoms with Crippen LogP contribution in [-0.2, 0) is 0 Å². The first kappa shape index (κ1) is 10.9. The van der Waals surface area contributed by atoms with Crippen molar-refractivity contribution in [3.05, 3.63) is 23.9 Å². The second kappa shape index (κ2) is 4.90. The first-order valence-corrected chi connectivity index (χ1v) is 4.26. The van der Waals surface area contributed by atoms with Crippen LogP contribution < -0.4 is 10.5 Å². The molecule has 14 heavy (non-hydrogen) atoms. The summed E-state index contributed by atoms with van der Waals surface area (Å²) < 4.78 is 4.88. The van der Waals surface area contributed by atoms with Gasteiger partial charge in [-0.2, -0.15) is 0 Å². The molecule has 0 aliphatic heterocycles. The molecule has 0 bridgehead atoms. The summed E-state index contributed by atoms with van der Waals surface area (Å²) in [5.74, 6) is 0.394. The zero-order valence-corrected chi connectivity index (χ0v) is 7.92. The van der Waals surface area contributed by atoms with E-state index in [9.17, 15) is 10.2 Å². The third-order valence-electron chi connectivity index (χ3n) is 1.86. The summed E-state index contributed by atoms with van der Waals surface area (Å²) in [5, 5.41) is 18.8. The zero-order chi connectivity index (χ0) is 10.6. The van der Waals surface area contributed by atoms with E-state index in [4.69, 9.17) is 10.5 Å². The molecule has 0 aliphatic carbocycles. The van der Waals surface area contributed by atoms with Crippen LogP contribution in [0, 0.1) is 0 Å². The van der Waals surface area contributed by atoms with Crippen molar-refractivity contribution in [1.82, 2.24) is 4.98 Å². The number of aliphatic hydroxyl groups is 2. The maximum atomic E-state index is 9.56. The molecule has 0 spiro atoms. The normalized spacial score (nSPS) is 14.9. The molecule has 5 heteroatoms. The third kappa shape index (κ3) is 2.41. The fourth-order valence-electron chi connectivity index (χ4n) is 1.04. The Morgan fingerprint density at radius 3 is 2.79 bits per heavy atom. The quantitative estimate of drug-likeness (QED) is 0.603. The number of aromatic nitrogens is 1. The van der Waals surface area contributed by atoms with E-state index in [-0.39, 0.29) is 6.54 Å². The number of nitrogens with two attached hydrogens (primary N) is 1. The van der Waals surface area contributed by atoms with Crippen molar-refractivity contribution in [1.29, 1.82) is 0 Å². The van der Waals surface area contributed by atoms with Gasteiger partial charge in [0.05, 0.1) is 18.9 Å². The summed E-state index contributed by atoms with van der Waals surface area (Å²) in [6, 6.07) is 4.95. The average Bonchev–Trinajstić information content (AvgIpc) is 2.27. The number of hydrogen-bond donors (Lipinski definition) is 3. The lowest BCUT2D eigenvalue weighted by Gasteiger charge is -2.15. The van der Waals surface area contributed by atoms with Crippen LogP contribution in [0.1, 0.15) is 11.8 Å². The maximum Gasteiger partial charge on any atom is 0.213 e. The topological polar surface area (TPSA) is 88.6 Å². The summed E-state index contributed by atoms with van der Waals surface area (Å²) in [5.41, 5.74) is 5.56. The summed E-state index contributed by atoms with van der Waals surface area (Å²) in [6.45, 7) is -0.0138. The molecule has 2 atom stereocenters. The van der Waals surface area contributed by atoms with Gasteiger partial charge in [-0.25, -0.2) is 4.98 Å². The summed E-state index contributed by atoms with van der Waals surface area (Å²) in [6.07, 6.45) is -2.08. The Labute approximate surface area is 82.2 Å². The van der Waals surface area contributed by atoms with Gasteiger partial charge in [-0.3, -0.25) is 0 Å². The Morgan fingerprint density at radius 2 is 2.21 bits per heavy atom. The Morgan fingerprint density at radius 1 is 1.50 bits per heavy atom. The fourth-order valence-corrected chi connectivity index (χ4v) is 1.04. The van der Waals surface area contributed by atoms with Gasteiger partial charge in [-0.1, -0.05) is 6.07 Å². The smallest absolute Gasteiger partial charge is 0.213 e. The van der Waals surface area contributed by atoms with Crippen LogP contribution in [-0.4, -0.2) is 35.0 Å².